The van der Waals surface area contributed by atoms with Gasteiger partial charge in [-0.3, -0.25) is 4.79 Å². The van der Waals surface area contributed by atoms with Crippen molar-refractivity contribution in [1.29, 1.82) is 0 Å². The third kappa shape index (κ3) is 6.58. The molecule has 1 heterocycles. The first-order valence-electron chi connectivity index (χ1n) is 10.4. The summed E-state index contributed by atoms with van der Waals surface area (Å²) in [6.45, 7) is 6.02. The molecule has 1 aliphatic rings. The highest BCUT2D eigenvalue weighted by Crippen LogP contribution is 2.18. The summed E-state index contributed by atoms with van der Waals surface area (Å²) in [4.78, 5) is 12.4. The van der Waals surface area contributed by atoms with Crippen LogP contribution >= 0.6 is 0 Å². The van der Waals surface area contributed by atoms with E-state index in [0.29, 0.717) is 19.8 Å². The number of ether oxygens (including phenoxy) is 2. The van der Waals surface area contributed by atoms with Gasteiger partial charge in [0, 0.05) is 19.3 Å². The highest BCUT2D eigenvalue weighted by Gasteiger charge is 2.27. The van der Waals surface area contributed by atoms with E-state index in [2.05, 4.69) is 36.5 Å². The van der Waals surface area contributed by atoms with Gasteiger partial charge in [-0.2, -0.15) is 0 Å². The highest BCUT2D eigenvalue weighted by atomic mass is 16.5. The second-order valence-corrected chi connectivity index (χ2v) is 8.01. The van der Waals surface area contributed by atoms with Crippen molar-refractivity contribution in [2.45, 2.75) is 51.8 Å². The van der Waals surface area contributed by atoms with E-state index in [1.807, 2.05) is 31.2 Å². The van der Waals surface area contributed by atoms with Crippen LogP contribution in [0.25, 0.3) is 0 Å². The van der Waals surface area contributed by atoms with Crippen molar-refractivity contribution in [3.05, 3.63) is 65.2 Å². The van der Waals surface area contributed by atoms with Gasteiger partial charge in [-0.15, -0.1) is 0 Å². The van der Waals surface area contributed by atoms with Crippen LogP contribution in [-0.4, -0.2) is 31.2 Å². The van der Waals surface area contributed by atoms with E-state index in [-0.39, 0.29) is 17.9 Å². The number of nitrogens with one attached hydrogen (secondary N) is 1. The molecule has 0 aliphatic carbocycles. The van der Waals surface area contributed by atoms with Gasteiger partial charge in [0.15, 0.2) is 0 Å². The molecule has 0 saturated carbocycles. The lowest BCUT2D eigenvalue weighted by Crippen LogP contribution is -2.49. The summed E-state index contributed by atoms with van der Waals surface area (Å²) >= 11 is 0. The fraction of sp³-hybridized carbons (Fsp3) is 0.458. The van der Waals surface area contributed by atoms with Crippen LogP contribution in [0, 0.1) is 12.8 Å². The van der Waals surface area contributed by atoms with Crippen LogP contribution < -0.4 is 15.8 Å². The van der Waals surface area contributed by atoms with Crippen molar-refractivity contribution in [1.82, 2.24) is 5.32 Å². The van der Waals surface area contributed by atoms with Gasteiger partial charge >= 0.3 is 0 Å². The van der Waals surface area contributed by atoms with E-state index in [0.717, 1.165) is 36.1 Å². The lowest BCUT2D eigenvalue weighted by atomic mass is 9.91. The molecule has 0 aromatic heterocycles. The van der Waals surface area contributed by atoms with Crippen LogP contribution in [0.15, 0.2) is 48.5 Å². The minimum atomic E-state index is -0.459. The van der Waals surface area contributed by atoms with Crippen molar-refractivity contribution < 1.29 is 14.3 Å². The van der Waals surface area contributed by atoms with Crippen molar-refractivity contribution in [2.24, 2.45) is 11.7 Å². The lowest BCUT2D eigenvalue weighted by molar-refractivity contribution is -0.124. The predicted molar refractivity (Wildman–Crippen MR) is 115 cm³/mol. The van der Waals surface area contributed by atoms with Gasteiger partial charge in [0.1, 0.15) is 12.4 Å². The highest BCUT2D eigenvalue weighted by molar-refractivity contribution is 5.82. The minimum Gasteiger partial charge on any atom is -0.489 e. The minimum absolute atomic E-state index is 0.0210. The molecule has 29 heavy (non-hydrogen) atoms. The molecule has 0 radical (unpaired) electrons. The van der Waals surface area contributed by atoms with E-state index in [1.165, 1.54) is 5.56 Å². The number of benzene rings is 2. The summed E-state index contributed by atoms with van der Waals surface area (Å²) in [7, 11) is 0. The van der Waals surface area contributed by atoms with Gasteiger partial charge in [-0.1, -0.05) is 42.0 Å². The molecule has 3 N–H and O–H groups in total. The Morgan fingerprint density at radius 2 is 1.72 bits per heavy atom. The molecule has 1 fully saturated rings. The Morgan fingerprint density at radius 1 is 1.10 bits per heavy atom. The summed E-state index contributed by atoms with van der Waals surface area (Å²) in [5, 5.41) is 3.06. The topological polar surface area (TPSA) is 73.6 Å². The van der Waals surface area contributed by atoms with E-state index in [1.54, 1.807) is 0 Å². The number of carbonyl (C=O) groups excluding carboxylic acids is 1. The average molecular weight is 397 g/mol. The molecule has 0 bridgehead atoms. The Kier molecular flexibility index (Phi) is 7.67. The van der Waals surface area contributed by atoms with Crippen molar-refractivity contribution in [3.63, 3.8) is 0 Å². The third-order valence-electron chi connectivity index (χ3n) is 5.46. The second kappa shape index (κ2) is 10.4. The monoisotopic (exact) mass is 396 g/mol. The number of hydrogen-bond donors (Lipinski definition) is 2. The molecule has 1 amide bonds. The Labute approximate surface area is 173 Å². The first-order chi connectivity index (χ1) is 14.0. The Hall–Kier alpha value is -2.37. The summed E-state index contributed by atoms with van der Waals surface area (Å²) in [6, 6.07) is 16.0. The van der Waals surface area contributed by atoms with E-state index in [9.17, 15) is 4.79 Å². The maximum Gasteiger partial charge on any atom is 0.237 e. The van der Waals surface area contributed by atoms with Crippen LogP contribution in [-0.2, 0) is 22.6 Å². The molecular weight excluding hydrogens is 364 g/mol. The van der Waals surface area contributed by atoms with Gasteiger partial charge in [-0.25, -0.2) is 0 Å². The summed E-state index contributed by atoms with van der Waals surface area (Å²) < 4.78 is 11.2. The zero-order valence-electron chi connectivity index (χ0n) is 17.4. The lowest BCUT2D eigenvalue weighted by Gasteiger charge is -2.27. The predicted octanol–water partition coefficient (Wildman–Crippen LogP) is 3.38. The molecule has 156 valence electrons. The Balaban J connectivity index is 1.44. The van der Waals surface area contributed by atoms with Gasteiger partial charge < -0.3 is 20.5 Å². The number of carbonyl (C=O) groups is 1. The molecule has 2 atom stereocenters. The smallest absolute Gasteiger partial charge is 0.237 e. The Bertz CT molecular complexity index is 768. The molecule has 5 nitrogen and oxygen atoms in total. The third-order valence-corrected chi connectivity index (χ3v) is 5.46. The second-order valence-electron chi connectivity index (χ2n) is 8.01. The summed E-state index contributed by atoms with van der Waals surface area (Å²) in [5.74, 6) is 0.982. The van der Waals surface area contributed by atoms with Gasteiger partial charge in [0.05, 0.1) is 6.04 Å². The van der Waals surface area contributed by atoms with Crippen molar-refractivity contribution >= 4 is 5.91 Å². The average Bonchev–Trinajstić information content (AvgIpc) is 2.74. The maximum atomic E-state index is 12.4. The first-order valence-corrected chi connectivity index (χ1v) is 10.4. The van der Waals surface area contributed by atoms with Gasteiger partial charge in [-0.05, 0) is 62.3 Å². The maximum absolute atomic E-state index is 12.4. The molecule has 1 saturated heterocycles. The van der Waals surface area contributed by atoms with E-state index < -0.39 is 6.04 Å². The van der Waals surface area contributed by atoms with Crippen LogP contribution in [0.5, 0.6) is 5.75 Å². The normalized spacial score (nSPS) is 16.8. The summed E-state index contributed by atoms with van der Waals surface area (Å²) in [5.41, 5.74) is 9.71. The molecule has 2 aromatic carbocycles. The molecule has 2 unspecified atom stereocenters. The number of hydrogen-bond acceptors (Lipinski definition) is 4. The molecule has 1 aliphatic heterocycles. The molecule has 2 aromatic rings. The van der Waals surface area contributed by atoms with Crippen molar-refractivity contribution in [2.75, 3.05) is 13.2 Å². The zero-order valence-corrected chi connectivity index (χ0v) is 17.4. The number of rotatable bonds is 8. The van der Waals surface area contributed by atoms with E-state index in [4.69, 9.17) is 15.2 Å². The largest absolute Gasteiger partial charge is 0.489 e. The van der Waals surface area contributed by atoms with Crippen LogP contribution in [0.1, 0.15) is 36.5 Å². The van der Waals surface area contributed by atoms with Crippen molar-refractivity contribution in [3.8, 4) is 5.75 Å². The fourth-order valence-corrected chi connectivity index (χ4v) is 3.61. The molecular formula is C24H32N2O3. The van der Waals surface area contributed by atoms with Gasteiger partial charge in [0.25, 0.3) is 0 Å². The van der Waals surface area contributed by atoms with Crippen LogP contribution in [0.3, 0.4) is 0 Å². The Morgan fingerprint density at radius 3 is 2.38 bits per heavy atom. The van der Waals surface area contributed by atoms with E-state index >= 15 is 0 Å². The SMILES string of the molecule is Cc1ccc(COc2ccc(CC(C)NC(=O)C(N)C3CCOCC3)cc2)cc1. The number of amides is 1. The molecule has 3 rings (SSSR count). The molecule has 0 spiro atoms. The fourth-order valence-electron chi connectivity index (χ4n) is 3.61. The molecule has 5 heteroatoms. The summed E-state index contributed by atoms with van der Waals surface area (Å²) in [6.07, 6.45) is 2.46. The first kappa shape index (κ1) is 21.3. The number of nitrogens with two attached hydrogens (primary N) is 1. The quantitative estimate of drug-likeness (QED) is 0.717. The number of aryl methyl sites for hydroxylation is 1. The van der Waals surface area contributed by atoms with Gasteiger partial charge in [0.2, 0.25) is 5.91 Å². The van der Waals surface area contributed by atoms with Crippen LogP contribution in [0.2, 0.25) is 0 Å². The zero-order chi connectivity index (χ0) is 20.6. The van der Waals surface area contributed by atoms with Crippen LogP contribution in [0.4, 0.5) is 0 Å². The standard InChI is InChI=1S/C24H32N2O3/c1-17-3-5-20(6-4-17)16-29-22-9-7-19(8-10-22)15-18(2)26-24(27)23(25)21-11-13-28-14-12-21/h3-10,18,21,23H,11-16,25H2,1-2H3,(H,26,27).